The Bertz CT molecular complexity index is 683. The molecule has 0 saturated heterocycles. The Hall–Kier alpha value is -2.06. The Morgan fingerprint density at radius 1 is 1.60 bits per heavy atom. The van der Waals surface area contributed by atoms with Crippen molar-refractivity contribution in [2.75, 3.05) is 6.26 Å². The van der Waals surface area contributed by atoms with Gasteiger partial charge < -0.3 is 15.8 Å². The van der Waals surface area contributed by atoms with Crippen molar-refractivity contribution >= 4 is 34.3 Å². The number of fused-ring (bicyclic) bond motifs is 1. The Morgan fingerprint density at radius 3 is 2.85 bits per heavy atom. The van der Waals surface area contributed by atoms with Crippen LogP contribution in [0.25, 0.3) is 10.9 Å². The van der Waals surface area contributed by atoms with Crippen molar-refractivity contribution in [1.29, 1.82) is 0 Å². The minimum atomic E-state index is -1.14. The zero-order chi connectivity index (χ0) is 14.9. The Morgan fingerprint density at radius 2 is 2.30 bits per heavy atom. The molecule has 7 nitrogen and oxygen atoms in total. The summed E-state index contributed by atoms with van der Waals surface area (Å²) in [4.78, 5) is 25.1. The van der Waals surface area contributed by atoms with E-state index < -0.39 is 16.9 Å². The quantitative estimate of drug-likeness (QED) is 0.439. The third-order valence-corrected chi connectivity index (χ3v) is 3.79. The van der Waals surface area contributed by atoms with Gasteiger partial charge in [-0.3, -0.25) is 14.9 Å². The predicted molar refractivity (Wildman–Crippen MR) is 76.0 cm³/mol. The number of nitro groups is 1. The number of H-pyrrole nitrogens is 1. The molecule has 0 aliphatic heterocycles. The SMILES string of the molecule is CSc1ccc2[nH]cc(CC(N)C(=O)O)c2c1[N+](=O)[O-]. The minimum absolute atomic E-state index is 0.0103. The van der Waals surface area contributed by atoms with Crippen LogP contribution in [0.4, 0.5) is 5.69 Å². The molecule has 0 aliphatic carbocycles. The average Bonchev–Trinajstić information content (AvgIpc) is 2.80. The van der Waals surface area contributed by atoms with Crippen LogP contribution < -0.4 is 5.73 Å². The van der Waals surface area contributed by atoms with Gasteiger partial charge in [0.15, 0.2) is 0 Å². The fraction of sp³-hybridized carbons (Fsp3) is 0.250. The average molecular weight is 295 g/mol. The van der Waals surface area contributed by atoms with Crippen LogP contribution >= 0.6 is 11.8 Å². The first kappa shape index (κ1) is 14.4. The smallest absolute Gasteiger partial charge is 0.320 e. The van der Waals surface area contributed by atoms with Crippen LogP contribution in [0.3, 0.4) is 0 Å². The molecule has 0 aliphatic rings. The fourth-order valence-corrected chi connectivity index (χ4v) is 2.66. The highest BCUT2D eigenvalue weighted by molar-refractivity contribution is 7.98. The maximum absolute atomic E-state index is 11.3. The van der Waals surface area contributed by atoms with E-state index in [4.69, 9.17) is 10.8 Å². The van der Waals surface area contributed by atoms with E-state index in [0.717, 1.165) is 0 Å². The molecule has 0 saturated carbocycles. The van der Waals surface area contributed by atoms with Crippen LogP contribution in [-0.4, -0.2) is 33.3 Å². The summed E-state index contributed by atoms with van der Waals surface area (Å²) < 4.78 is 0. The molecule has 1 unspecified atom stereocenters. The van der Waals surface area contributed by atoms with Crippen LogP contribution in [0.5, 0.6) is 0 Å². The number of nitro benzene ring substituents is 1. The number of rotatable bonds is 5. The predicted octanol–water partition coefficient (Wildman–Crippen LogP) is 1.75. The molecule has 0 spiro atoms. The van der Waals surface area contributed by atoms with Gasteiger partial charge in [0.1, 0.15) is 6.04 Å². The van der Waals surface area contributed by atoms with Crippen molar-refractivity contribution in [3.63, 3.8) is 0 Å². The van der Waals surface area contributed by atoms with Gasteiger partial charge in [-0.1, -0.05) is 0 Å². The first-order chi connectivity index (χ1) is 9.45. The number of hydrogen-bond acceptors (Lipinski definition) is 5. The van der Waals surface area contributed by atoms with E-state index in [9.17, 15) is 14.9 Å². The van der Waals surface area contributed by atoms with E-state index in [1.54, 1.807) is 24.6 Å². The Labute approximate surface area is 118 Å². The van der Waals surface area contributed by atoms with Crippen molar-refractivity contribution in [3.05, 3.63) is 34.0 Å². The van der Waals surface area contributed by atoms with E-state index in [1.807, 2.05) is 0 Å². The summed E-state index contributed by atoms with van der Waals surface area (Å²) in [5, 5.41) is 20.6. The first-order valence-electron chi connectivity index (χ1n) is 5.75. The number of aliphatic carboxylic acids is 1. The molecule has 1 heterocycles. The lowest BCUT2D eigenvalue weighted by atomic mass is 10.0. The van der Waals surface area contributed by atoms with E-state index in [2.05, 4.69) is 4.98 Å². The molecule has 1 aromatic heterocycles. The van der Waals surface area contributed by atoms with E-state index in [0.29, 0.717) is 21.4 Å². The number of carboxylic acid groups (broad SMARTS) is 1. The summed E-state index contributed by atoms with van der Waals surface area (Å²) in [6, 6.07) is 2.32. The molecule has 0 fully saturated rings. The highest BCUT2D eigenvalue weighted by atomic mass is 32.2. The van der Waals surface area contributed by atoms with E-state index >= 15 is 0 Å². The topological polar surface area (TPSA) is 122 Å². The molecule has 0 bridgehead atoms. The molecule has 0 amide bonds. The summed E-state index contributed by atoms with van der Waals surface area (Å²) >= 11 is 1.27. The van der Waals surface area contributed by atoms with Gasteiger partial charge in [-0.2, -0.15) is 0 Å². The largest absolute Gasteiger partial charge is 0.480 e. The van der Waals surface area contributed by atoms with Crippen molar-refractivity contribution in [1.82, 2.24) is 4.98 Å². The fourth-order valence-electron chi connectivity index (χ4n) is 2.09. The van der Waals surface area contributed by atoms with Crippen molar-refractivity contribution in [3.8, 4) is 0 Å². The Kier molecular flexibility index (Phi) is 3.96. The van der Waals surface area contributed by atoms with Crippen molar-refractivity contribution in [2.45, 2.75) is 17.4 Å². The first-order valence-corrected chi connectivity index (χ1v) is 6.98. The van der Waals surface area contributed by atoms with Crippen LogP contribution in [0.15, 0.2) is 23.2 Å². The lowest BCUT2D eigenvalue weighted by molar-refractivity contribution is -0.385. The molecule has 0 radical (unpaired) electrons. The molecule has 20 heavy (non-hydrogen) atoms. The second-order valence-electron chi connectivity index (χ2n) is 4.26. The lowest BCUT2D eigenvalue weighted by Crippen LogP contribution is -2.32. The molecule has 1 atom stereocenters. The number of carboxylic acids is 1. The van der Waals surface area contributed by atoms with Gasteiger partial charge in [-0.05, 0) is 24.0 Å². The summed E-state index contributed by atoms with van der Waals surface area (Å²) in [5.74, 6) is -1.14. The Balaban J connectivity index is 2.62. The molecular formula is C12H13N3O4S. The summed E-state index contributed by atoms with van der Waals surface area (Å²) in [5.41, 5.74) is 6.64. The molecule has 2 rings (SSSR count). The second kappa shape index (κ2) is 5.51. The molecule has 2 aromatic rings. The number of nitrogens with zero attached hydrogens (tertiary/aromatic N) is 1. The lowest BCUT2D eigenvalue weighted by Gasteiger charge is -2.06. The number of benzene rings is 1. The normalized spacial score (nSPS) is 12.5. The number of thioether (sulfide) groups is 1. The number of nitrogens with one attached hydrogen (secondary N) is 1. The zero-order valence-corrected chi connectivity index (χ0v) is 11.4. The monoisotopic (exact) mass is 295 g/mol. The van der Waals surface area contributed by atoms with Crippen LogP contribution in [0.1, 0.15) is 5.56 Å². The van der Waals surface area contributed by atoms with Gasteiger partial charge in [0.05, 0.1) is 20.7 Å². The van der Waals surface area contributed by atoms with Gasteiger partial charge in [0, 0.05) is 12.6 Å². The summed E-state index contributed by atoms with van der Waals surface area (Å²) in [6.07, 6.45) is 3.36. The summed E-state index contributed by atoms with van der Waals surface area (Å²) in [7, 11) is 0. The van der Waals surface area contributed by atoms with Gasteiger partial charge in [0.2, 0.25) is 0 Å². The van der Waals surface area contributed by atoms with Crippen molar-refractivity contribution in [2.24, 2.45) is 5.73 Å². The number of hydrogen-bond donors (Lipinski definition) is 3. The van der Waals surface area contributed by atoms with Gasteiger partial charge in [0.25, 0.3) is 5.69 Å². The maximum atomic E-state index is 11.3. The second-order valence-corrected chi connectivity index (χ2v) is 5.11. The maximum Gasteiger partial charge on any atom is 0.320 e. The number of aromatic amines is 1. The third kappa shape index (κ3) is 2.47. The molecule has 8 heteroatoms. The van der Waals surface area contributed by atoms with E-state index in [1.165, 1.54) is 11.8 Å². The third-order valence-electron chi connectivity index (χ3n) is 3.02. The highest BCUT2D eigenvalue weighted by Gasteiger charge is 2.24. The number of aromatic nitrogens is 1. The number of carbonyl (C=O) groups is 1. The zero-order valence-electron chi connectivity index (χ0n) is 10.6. The van der Waals surface area contributed by atoms with E-state index in [-0.39, 0.29) is 12.1 Å². The minimum Gasteiger partial charge on any atom is -0.480 e. The molecule has 106 valence electrons. The van der Waals surface area contributed by atoms with Gasteiger partial charge in [-0.25, -0.2) is 0 Å². The highest BCUT2D eigenvalue weighted by Crippen LogP contribution is 2.37. The number of nitrogens with two attached hydrogens (primary N) is 1. The molecule has 4 N–H and O–H groups in total. The van der Waals surface area contributed by atoms with Crippen LogP contribution in [0, 0.1) is 10.1 Å². The standard InChI is InChI=1S/C12H13N3O4S/c1-20-9-3-2-8-10(11(9)15(18)19)6(5-14-8)4-7(13)12(16)17/h2-3,5,7,14H,4,13H2,1H3,(H,16,17). The van der Waals surface area contributed by atoms with Gasteiger partial charge >= 0.3 is 5.97 Å². The summed E-state index contributed by atoms with van der Waals surface area (Å²) in [6.45, 7) is 0. The van der Waals surface area contributed by atoms with Crippen LogP contribution in [-0.2, 0) is 11.2 Å². The molecule has 1 aromatic carbocycles. The molecular weight excluding hydrogens is 282 g/mol. The van der Waals surface area contributed by atoms with Gasteiger partial charge in [-0.15, -0.1) is 11.8 Å². The van der Waals surface area contributed by atoms with Crippen LogP contribution in [0.2, 0.25) is 0 Å². The van der Waals surface area contributed by atoms with Crippen molar-refractivity contribution < 1.29 is 14.8 Å².